The zero-order chi connectivity index (χ0) is 22.0. The van der Waals surface area contributed by atoms with Crippen LogP contribution < -0.4 is 16.0 Å². The lowest BCUT2D eigenvalue weighted by Crippen LogP contribution is -2.39. The topological polar surface area (TPSA) is 84.4 Å². The highest BCUT2D eigenvalue weighted by molar-refractivity contribution is 6.54. The number of rotatable bonds is 5. The first-order valence-electron chi connectivity index (χ1n) is 9.88. The van der Waals surface area contributed by atoms with Gasteiger partial charge in [0, 0.05) is 36.4 Å². The van der Waals surface area contributed by atoms with Gasteiger partial charge in [0.1, 0.15) is 5.69 Å². The summed E-state index contributed by atoms with van der Waals surface area (Å²) in [5.41, 5.74) is 9.59. The third-order valence-electron chi connectivity index (χ3n) is 5.29. The lowest BCUT2D eigenvalue weighted by molar-refractivity contribution is -0.114. The van der Waals surface area contributed by atoms with Crippen LogP contribution in [-0.2, 0) is 4.79 Å². The average Bonchev–Trinajstić information content (AvgIpc) is 3.24. The molecule has 31 heavy (non-hydrogen) atoms. The standard InChI is InChI=1S/C22H21Cl3N4O2/c23-15-5-3-7-18(29-10-8-13(26)9-11-29)20(15)19-12-17(28-31-19)14-4-1-2-6-16(14)27-22(30)21(24)25/h1-7,12-13,21H,8-11,26H2,(H,27,30). The number of amides is 1. The van der Waals surface area contributed by atoms with Gasteiger partial charge in [-0.05, 0) is 31.0 Å². The molecule has 1 aliphatic heterocycles. The molecule has 3 aromatic rings. The Balaban J connectivity index is 1.69. The van der Waals surface area contributed by atoms with Gasteiger partial charge in [-0.2, -0.15) is 0 Å². The van der Waals surface area contributed by atoms with Gasteiger partial charge in [-0.25, -0.2) is 0 Å². The van der Waals surface area contributed by atoms with E-state index in [-0.39, 0.29) is 6.04 Å². The summed E-state index contributed by atoms with van der Waals surface area (Å²) in [4.78, 5) is 13.0. The van der Waals surface area contributed by atoms with E-state index < -0.39 is 10.7 Å². The van der Waals surface area contributed by atoms with Crippen molar-refractivity contribution in [3.63, 3.8) is 0 Å². The molecule has 1 fully saturated rings. The Kier molecular flexibility index (Phi) is 6.72. The number of carbonyl (C=O) groups excluding carboxylic acids is 1. The number of piperidine rings is 1. The van der Waals surface area contributed by atoms with Crippen LogP contribution in [0.4, 0.5) is 11.4 Å². The molecule has 162 valence electrons. The first-order chi connectivity index (χ1) is 14.9. The summed E-state index contributed by atoms with van der Waals surface area (Å²) >= 11 is 17.9. The molecule has 6 nitrogen and oxygen atoms in total. The Morgan fingerprint density at radius 3 is 2.65 bits per heavy atom. The van der Waals surface area contributed by atoms with Gasteiger partial charge in [-0.1, -0.05) is 64.2 Å². The van der Waals surface area contributed by atoms with Crippen molar-refractivity contribution in [2.24, 2.45) is 5.73 Å². The number of para-hydroxylation sites is 1. The highest BCUT2D eigenvalue weighted by atomic mass is 35.5. The molecular weight excluding hydrogens is 459 g/mol. The van der Waals surface area contributed by atoms with Gasteiger partial charge in [0.15, 0.2) is 10.6 Å². The monoisotopic (exact) mass is 478 g/mol. The summed E-state index contributed by atoms with van der Waals surface area (Å²) in [5.74, 6) is 0.0235. The SMILES string of the molecule is NC1CCN(c2cccc(Cl)c2-c2cc(-c3ccccc3NC(=O)C(Cl)Cl)no2)CC1. The maximum absolute atomic E-state index is 12.0. The van der Waals surface area contributed by atoms with Crippen LogP contribution in [0.15, 0.2) is 53.1 Å². The molecule has 3 N–H and O–H groups in total. The van der Waals surface area contributed by atoms with E-state index in [1.54, 1.807) is 12.1 Å². The third-order valence-corrected chi connectivity index (χ3v) is 6.00. The minimum Gasteiger partial charge on any atom is -0.371 e. The number of carbonyl (C=O) groups is 1. The molecule has 4 rings (SSSR count). The zero-order valence-corrected chi connectivity index (χ0v) is 18.8. The van der Waals surface area contributed by atoms with Gasteiger partial charge in [0.2, 0.25) is 0 Å². The van der Waals surface area contributed by atoms with Crippen molar-refractivity contribution in [2.45, 2.75) is 23.7 Å². The second-order valence-corrected chi connectivity index (χ2v) is 8.87. The first kappa shape index (κ1) is 22.0. The summed E-state index contributed by atoms with van der Waals surface area (Å²) < 4.78 is 5.70. The summed E-state index contributed by atoms with van der Waals surface area (Å²) in [7, 11) is 0. The van der Waals surface area contributed by atoms with Gasteiger partial charge in [-0.3, -0.25) is 4.79 Å². The molecule has 0 saturated carbocycles. The molecule has 0 spiro atoms. The van der Waals surface area contributed by atoms with E-state index in [0.29, 0.717) is 27.7 Å². The van der Waals surface area contributed by atoms with E-state index in [9.17, 15) is 4.79 Å². The van der Waals surface area contributed by atoms with E-state index >= 15 is 0 Å². The van der Waals surface area contributed by atoms with Crippen molar-refractivity contribution in [1.29, 1.82) is 0 Å². The molecule has 0 unspecified atom stereocenters. The number of nitrogens with zero attached hydrogens (tertiary/aromatic N) is 2. The molecule has 9 heteroatoms. The van der Waals surface area contributed by atoms with Crippen molar-refractivity contribution in [2.75, 3.05) is 23.3 Å². The second-order valence-electron chi connectivity index (χ2n) is 7.37. The number of alkyl halides is 2. The van der Waals surface area contributed by atoms with Crippen LogP contribution in [0.25, 0.3) is 22.6 Å². The average molecular weight is 480 g/mol. The van der Waals surface area contributed by atoms with E-state index in [4.69, 9.17) is 45.1 Å². The molecular formula is C22H21Cl3N4O2. The van der Waals surface area contributed by atoms with E-state index in [0.717, 1.165) is 37.2 Å². The number of nitrogens with two attached hydrogens (primary N) is 1. The molecule has 0 atom stereocenters. The second kappa shape index (κ2) is 9.49. The molecule has 2 heterocycles. The quantitative estimate of drug-likeness (QED) is 0.483. The molecule has 1 saturated heterocycles. The predicted molar refractivity (Wildman–Crippen MR) is 126 cm³/mol. The molecule has 0 aliphatic carbocycles. The van der Waals surface area contributed by atoms with Crippen LogP contribution in [0.5, 0.6) is 0 Å². The lowest BCUT2D eigenvalue weighted by atomic mass is 10.0. The number of nitrogens with one attached hydrogen (secondary N) is 1. The number of hydrogen-bond acceptors (Lipinski definition) is 5. The Morgan fingerprint density at radius 1 is 1.16 bits per heavy atom. The summed E-state index contributed by atoms with van der Waals surface area (Å²) in [6, 6.07) is 15.0. The van der Waals surface area contributed by atoms with Crippen molar-refractivity contribution >= 4 is 52.1 Å². The largest absolute Gasteiger partial charge is 0.371 e. The van der Waals surface area contributed by atoms with Crippen LogP contribution in [-0.4, -0.2) is 35.0 Å². The van der Waals surface area contributed by atoms with Gasteiger partial charge in [0.25, 0.3) is 5.91 Å². The highest BCUT2D eigenvalue weighted by Gasteiger charge is 2.23. The first-order valence-corrected chi connectivity index (χ1v) is 11.1. The van der Waals surface area contributed by atoms with Crippen molar-refractivity contribution in [1.82, 2.24) is 5.16 Å². The fraction of sp³-hybridized carbons (Fsp3) is 0.273. The van der Waals surface area contributed by atoms with Crippen LogP contribution in [0.3, 0.4) is 0 Å². The Morgan fingerprint density at radius 2 is 1.90 bits per heavy atom. The zero-order valence-electron chi connectivity index (χ0n) is 16.5. The van der Waals surface area contributed by atoms with Gasteiger partial charge >= 0.3 is 0 Å². The Bertz CT molecular complexity index is 1080. The predicted octanol–water partition coefficient (Wildman–Crippen LogP) is 5.33. The van der Waals surface area contributed by atoms with E-state index in [1.165, 1.54) is 0 Å². The molecule has 0 bridgehead atoms. The maximum atomic E-state index is 12.0. The molecule has 2 aromatic carbocycles. The summed E-state index contributed by atoms with van der Waals surface area (Å²) in [5, 5.41) is 7.50. The third kappa shape index (κ3) is 4.83. The number of aromatic nitrogens is 1. The number of halogens is 3. The summed E-state index contributed by atoms with van der Waals surface area (Å²) in [6.07, 6.45) is 1.84. The normalized spacial score (nSPS) is 14.8. The minimum absolute atomic E-state index is 0.225. The summed E-state index contributed by atoms with van der Waals surface area (Å²) in [6.45, 7) is 1.70. The highest BCUT2D eigenvalue weighted by Crippen LogP contribution is 2.40. The smallest absolute Gasteiger partial charge is 0.257 e. The minimum atomic E-state index is -1.18. The fourth-order valence-corrected chi connectivity index (χ4v) is 4.06. The van der Waals surface area contributed by atoms with Crippen LogP contribution in [0, 0.1) is 0 Å². The number of hydrogen-bond donors (Lipinski definition) is 2. The van der Waals surface area contributed by atoms with Gasteiger partial charge in [0.05, 0.1) is 16.3 Å². The van der Waals surface area contributed by atoms with E-state index in [1.807, 2.05) is 36.4 Å². The molecule has 1 aliphatic rings. The van der Waals surface area contributed by atoms with Crippen LogP contribution in [0.2, 0.25) is 5.02 Å². The number of benzene rings is 2. The molecule has 1 amide bonds. The van der Waals surface area contributed by atoms with Gasteiger partial charge in [-0.15, -0.1) is 0 Å². The molecule has 0 radical (unpaired) electrons. The molecule has 1 aromatic heterocycles. The van der Waals surface area contributed by atoms with Crippen LogP contribution in [0.1, 0.15) is 12.8 Å². The Hall–Kier alpha value is -2.25. The van der Waals surface area contributed by atoms with Gasteiger partial charge < -0.3 is 20.5 Å². The van der Waals surface area contributed by atoms with Crippen LogP contribution >= 0.6 is 34.8 Å². The fourth-order valence-electron chi connectivity index (χ4n) is 3.68. The van der Waals surface area contributed by atoms with Crippen molar-refractivity contribution in [3.05, 3.63) is 53.6 Å². The Labute approximate surface area is 195 Å². The van der Waals surface area contributed by atoms with E-state index in [2.05, 4.69) is 15.4 Å². The maximum Gasteiger partial charge on any atom is 0.257 e. The van der Waals surface area contributed by atoms with Crippen molar-refractivity contribution < 1.29 is 9.32 Å². The number of anilines is 2. The van der Waals surface area contributed by atoms with Crippen molar-refractivity contribution in [3.8, 4) is 22.6 Å². The lowest BCUT2D eigenvalue weighted by Gasteiger charge is -2.33.